The van der Waals surface area contributed by atoms with Crippen LogP contribution in [-0.4, -0.2) is 63.1 Å². The lowest BCUT2D eigenvalue weighted by Crippen LogP contribution is -2.41. The average molecular weight is 285 g/mol. The minimum atomic E-state index is -0.187. The van der Waals surface area contributed by atoms with Crippen molar-refractivity contribution in [2.75, 3.05) is 32.1 Å². The van der Waals surface area contributed by atoms with Crippen molar-refractivity contribution in [1.29, 1.82) is 0 Å². The zero-order valence-electron chi connectivity index (χ0n) is 11.5. The van der Waals surface area contributed by atoms with Crippen molar-refractivity contribution >= 4 is 17.7 Å². The number of aromatic nitrogens is 4. The van der Waals surface area contributed by atoms with Crippen LogP contribution in [0.5, 0.6) is 0 Å². The molecule has 19 heavy (non-hydrogen) atoms. The van der Waals surface area contributed by atoms with E-state index in [1.165, 1.54) is 11.8 Å². The molecule has 7 nitrogen and oxygen atoms in total. The molecule has 1 aromatic heterocycles. The molecule has 2 heterocycles. The van der Waals surface area contributed by atoms with Crippen LogP contribution in [-0.2, 0) is 15.1 Å². The van der Waals surface area contributed by atoms with Crippen LogP contribution in [0.1, 0.15) is 20.8 Å². The van der Waals surface area contributed by atoms with Gasteiger partial charge in [0.05, 0.1) is 24.5 Å². The number of hydrogen-bond acceptors (Lipinski definition) is 6. The van der Waals surface area contributed by atoms with E-state index in [2.05, 4.69) is 15.5 Å². The molecule has 0 unspecified atom stereocenters. The minimum absolute atomic E-state index is 0.108. The van der Waals surface area contributed by atoms with E-state index >= 15 is 0 Å². The molecule has 0 atom stereocenters. The number of rotatable bonds is 3. The molecule has 0 radical (unpaired) electrons. The summed E-state index contributed by atoms with van der Waals surface area (Å²) in [5.74, 6) is 0.466. The zero-order chi connectivity index (χ0) is 13.9. The van der Waals surface area contributed by atoms with Crippen LogP contribution >= 0.6 is 11.8 Å². The molecule has 1 aromatic rings. The topological polar surface area (TPSA) is 73.1 Å². The van der Waals surface area contributed by atoms with E-state index in [0.717, 1.165) is 0 Å². The molecule has 1 amide bonds. The summed E-state index contributed by atoms with van der Waals surface area (Å²) in [5.41, 5.74) is -0.187. The van der Waals surface area contributed by atoms with Gasteiger partial charge in [-0.15, -0.1) is 5.10 Å². The third kappa shape index (κ3) is 3.66. The van der Waals surface area contributed by atoms with Gasteiger partial charge < -0.3 is 9.64 Å². The summed E-state index contributed by atoms with van der Waals surface area (Å²) in [7, 11) is 0. The molecular weight excluding hydrogens is 266 g/mol. The molecule has 106 valence electrons. The Balaban J connectivity index is 1.92. The van der Waals surface area contributed by atoms with E-state index < -0.39 is 0 Å². The zero-order valence-corrected chi connectivity index (χ0v) is 12.3. The second-order valence-electron chi connectivity index (χ2n) is 5.33. The summed E-state index contributed by atoms with van der Waals surface area (Å²) >= 11 is 1.38. The molecule has 0 aromatic carbocycles. The molecule has 1 aliphatic rings. The van der Waals surface area contributed by atoms with Gasteiger partial charge in [0.25, 0.3) is 0 Å². The quantitative estimate of drug-likeness (QED) is 0.748. The number of thioether (sulfide) groups is 1. The maximum absolute atomic E-state index is 12.0. The van der Waals surface area contributed by atoms with Crippen molar-refractivity contribution in [2.24, 2.45) is 0 Å². The third-order valence-corrected chi connectivity index (χ3v) is 3.67. The van der Waals surface area contributed by atoms with E-state index in [4.69, 9.17) is 4.74 Å². The smallest absolute Gasteiger partial charge is 0.233 e. The maximum atomic E-state index is 12.0. The summed E-state index contributed by atoms with van der Waals surface area (Å²) in [5, 5.41) is 12.3. The molecule has 1 saturated heterocycles. The SMILES string of the molecule is CC(C)(C)n1nnnc1SCC(=O)N1CCOCC1. The summed E-state index contributed by atoms with van der Waals surface area (Å²) in [4.78, 5) is 13.8. The van der Waals surface area contributed by atoms with Crippen molar-refractivity contribution in [1.82, 2.24) is 25.1 Å². The van der Waals surface area contributed by atoms with Gasteiger partial charge in [-0.25, -0.2) is 4.68 Å². The minimum Gasteiger partial charge on any atom is -0.378 e. The van der Waals surface area contributed by atoms with E-state index in [0.29, 0.717) is 37.2 Å². The standard InChI is InChI=1S/C11H19N5O2S/c1-11(2,3)16-10(12-13-14-16)19-8-9(17)15-4-6-18-7-5-15/h4-8H2,1-3H3. The number of amides is 1. The fraction of sp³-hybridized carbons (Fsp3) is 0.818. The second-order valence-corrected chi connectivity index (χ2v) is 6.27. The summed E-state index contributed by atoms with van der Waals surface area (Å²) in [6.07, 6.45) is 0. The van der Waals surface area contributed by atoms with E-state index in [-0.39, 0.29) is 11.4 Å². The Labute approximate surface area is 116 Å². The Morgan fingerprint density at radius 3 is 2.68 bits per heavy atom. The molecule has 8 heteroatoms. The number of hydrogen-bond donors (Lipinski definition) is 0. The first-order valence-corrected chi connectivity index (χ1v) is 7.24. The Morgan fingerprint density at radius 1 is 1.37 bits per heavy atom. The molecular formula is C11H19N5O2S. The number of tetrazole rings is 1. The first-order chi connectivity index (χ1) is 8.98. The monoisotopic (exact) mass is 285 g/mol. The number of carbonyl (C=O) groups is 1. The van der Waals surface area contributed by atoms with E-state index in [9.17, 15) is 4.79 Å². The molecule has 0 aliphatic carbocycles. The number of carbonyl (C=O) groups excluding carboxylic acids is 1. The van der Waals surface area contributed by atoms with Crippen molar-refractivity contribution in [3.05, 3.63) is 0 Å². The predicted molar refractivity (Wildman–Crippen MR) is 70.9 cm³/mol. The van der Waals surface area contributed by atoms with Gasteiger partial charge in [0.15, 0.2) is 0 Å². The van der Waals surface area contributed by atoms with Gasteiger partial charge in [-0.2, -0.15) is 0 Å². The summed E-state index contributed by atoms with van der Waals surface area (Å²) < 4.78 is 6.97. The normalized spacial score (nSPS) is 16.7. The van der Waals surface area contributed by atoms with Crippen molar-refractivity contribution in [3.63, 3.8) is 0 Å². The molecule has 1 aliphatic heterocycles. The van der Waals surface area contributed by atoms with Crippen molar-refractivity contribution in [2.45, 2.75) is 31.5 Å². The first kappa shape index (κ1) is 14.3. The van der Waals surface area contributed by atoms with Crippen LogP contribution in [0.4, 0.5) is 0 Å². The van der Waals surface area contributed by atoms with Gasteiger partial charge in [0, 0.05) is 13.1 Å². The van der Waals surface area contributed by atoms with Gasteiger partial charge >= 0.3 is 0 Å². The first-order valence-electron chi connectivity index (χ1n) is 6.25. The Bertz CT molecular complexity index is 437. The number of ether oxygens (including phenoxy) is 1. The lowest BCUT2D eigenvalue weighted by atomic mass is 10.1. The summed E-state index contributed by atoms with van der Waals surface area (Å²) in [6, 6.07) is 0. The van der Waals surface area contributed by atoms with Crippen molar-refractivity contribution < 1.29 is 9.53 Å². The fourth-order valence-corrected chi connectivity index (χ4v) is 2.68. The van der Waals surface area contributed by atoms with Gasteiger partial charge in [-0.1, -0.05) is 11.8 Å². The highest BCUT2D eigenvalue weighted by atomic mass is 32.2. The highest BCUT2D eigenvalue weighted by Gasteiger charge is 2.22. The molecule has 0 N–H and O–H groups in total. The van der Waals surface area contributed by atoms with E-state index in [1.807, 2.05) is 25.7 Å². The highest BCUT2D eigenvalue weighted by molar-refractivity contribution is 7.99. The lowest BCUT2D eigenvalue weighted by molar-refractivity contribution is -0.132. The molecule has 0 saturated carbocycles. The Morgan fingerprint density at radius 2 is 2.05 bits per heavy atom. The third-order valence-electron chi connectivity index (χ3n) is 2.76. The molecule has 0 spiro atoms. The second kappa shape index (κ2) is 5.87. The van der Waals surface area contributed by atoms with Gasteiger partial charge in [0.2, 0.25) is 11.1 Å². The molecule has 0 bridgehead atoms. The Hall–Kier alpha value is -1.15. The maximum Gasteiger partial charge on any atom is 0.233 e. The van der Waals surface area contributed by atoms with Crippen LogP contribution in [0, 0.1) is 0 Å². The van der Waals surface area contributed by atoms with Gasteiger partial charge in [-0.3, -0.25) is 4.79 Å². The number of morpholine rings is 1. The van der Waals surface area contributed by atoms with Crippen LogP contribution < -0.4 is 0 Å². The number of nitrogens with zero attached hydrogens (tertiary/aromatic N) is 5. The highest BCUT2D eigenvalue weighted by Crippen LogP contribution is 2.21. The Kier molecular flexibility index (Phi) is 4.41. The largest absolute Gasteiger partial charge is 0.378 e. The fourth-order valence-electron chi connectivity index (χ4n) is 1.72. The van der Waals surface area contributed by atoms with Crippen LogP contribution in [0.3, 0.4) is 0 Å². The molecule has 2 rings (SSSR count). The predicted octanol–water partition coefficient (Wildman–Crippen LogP) is 0.379. The van der Waals surface area contributed by atoms with Crippen molar-refractivity contribution in [3.8, 4) is 0 Å². The van der Waals surface area contributed by atoms with Crippen LogP contribution in [0.15, 0.2) is 5.16 Å². The van der Waals surface area contributed by atoms with Crippen LogP contribution in [0.25, 0.3) is 0 Å². The average Bonchev–Trinajstić information content (AvgIpc) is 2.85. The van der Waals surface area contributed by atoms with E-state index in [1.54, 1.807) is 4.68 Å². The van der Waals surface area contributed by atoms with Gasteiger partial charge in [0.1, 0.15) is 0 Å². The van der Waals surface area contributed by atoms with Crippen LogP contribution in [0.2, 0.25) is 0 Å². The van der Waals surface area contributed by atoms with Gasteiger partial charge in [-0.05, 0) is 31.2 Å². The molecule has 1 fully saturated rings. The lowest BCUT2D eigenvalue weighted by Gasteiger charge is -2.26. The summed E-state index contributed by atoms with van der Waals surface area (Å²) in [6.45, 7) is 8.66.